The van der Waals surface area contributed by atoms with Crippen LogP contribution in [0.5, 0.6) is 0 Å². The van der Waals surface area contributed by atoms with Crippen LogP contribution in [0.4, 0.5) is 5.13 Å². The molecule has 136 valence electrons. The molecular formula is C17H18N4O2S3. The minimum absolute atomic E-state index is 0.0972. The second-order valence-corrected chi connectivity index (χ2v) is 9.58. The smallest absolute Gasteiger partial charge is 0.260 e. The predicted octanol–water partition coefficient (Wildman–Crippen LogP) is 3.75. The summed E-state index contributed by atoms with van der Waals surface area (Å²) in [5.41, 5.74) is 1.95. The van der Waals surface area contributed by atoms with E-state index < -0.39 is 5.25 Å². The van der Waals surface area contributed by atoms with Crippen LogP contribution >= 0.6 is 34.4 Å². The van der Waals surface area contributed by atoms with Crippen molar-refractivity contribution < 1.29 is 4.79 Å². The topological polar surface area (TPSA) is 87.7 Å². The number of thiophene rings is 1. The van der Waals surface area contributed by atoms with Gasteiger partial charge in [0.25, 0.3) is 5.56 Å². The zero-order chi connectivity index (χ0) is 18.3. The van der Waals surface area contributed by atoms with Gasteiger partial charge in [-0.25, -0.2) is 9.97 Å². The van der Waals surface area contributed by atoms with Crippen LogP contribution in [0.25, 0.3) is 10.2 Å². The van der Waals surface area contributed by atoms with Gasteiger partial charge in [0, 0.05) is 10.3 Å². The molecule has 3 aromatic rings. The standard InChI is InChI=1S/C17H18N4O2S3/c1-8-7-24-16(18-8)19-13(22)9(2)25-17-20-14(23)12-10-5-3-4-6-11(10)26-15(12)21-17/h7,9H,3-6H2,1-2H3,(H,18,19,22)(H,20,21,23). The van der Waals surface area contributed by atoms with Crippen LogP contribution in [-0.4, -0.2) is 26.1 Å². The summed E-state index contributed by atoms with van der Waals surface area (Å²) >= 11 is 4.27. The van der Waals surface area contributed by atoms with Gasteiger partial charge in [-0.05, 0) is 45.1 Å². The van der Waals surface area contributed by atoms with Gasteiger partial charge < -0.3 is 10.3 Å². The SMILES string of the molecule is Cc1csc(NC(=O)C(C)Sc2nc3sc4c(c3c(=O)[nH]2)CCCC4)n1. The average molecular weight is 407 g/mol. The van der Waals surface area contributed by atoms with Crippen LogP contribution in [0.15, 0.2) is 15.3 Å². The minimum Gasteiger partial charge on any atom is -0.301 e. The first-order valence-corrected chi connectivity index (χ1v) is 11.0. The first-order chi connectivity index (χ1) is 12.5. The Morgan fingerprint density at radius 2 is 2.15 bits per heavy atom. The summed E-state index contributed by atoms with van der Waals surface area (Å²) in [4.78, 5) is 38.7. The lowest BCUT2D eigenvalue weighted by molar-refractivity contribution is -0.115. The number of hydrogen-bond donors (Lipinski definition) is 2. The molecular weight excluding hydrogens is 388 g/mol. The number of amides is 1. The van der Waals surface area contributed by atoms with Crippen molar-refractivity contribution in [1.82, 2.24) is 15.0 Å². The largest absolute Gasteiger partial charge is 0.301 e. The van der Waals surface area contributed by atoms with E-state index in [1.807, 2.05) is 12.3 Å². The first kappa shape index (κ1) is 17.7. The van der Waals surface area contributed by atoms with Crippen LogP contribution in [0, 0.1) is 6.92 Å². The minimum atomic E-state index is -0.394. The zero-order valence-corrected chi connectivity index (χ0v) is 16.9. The molecule has 9 heteroatoms. The Morgan fingerprint density at radius 3 is 2.92 bits per heavy atom. The van der Waals surface area contributed by atoms with Crippen LogP contribution in [0.2, 0.25) is 0 Å². The van der Waals surface area contributed by atoms with Gasteiger partial charge in [0.1, 0.15) is 4.83 Å². The number of nitrogens with one attached hydrogen (secondary N) is 2. The maximum Gasteiger partial charge on any atom is 0.260 e. The third kappa shape index (κ3) is 3.43. The Morgan fingerprint density at radius 1 is 1.35 bits per heavy atom. The number of aromatic nitrogens is 3. The molecule has 0 bridgehead atoms. The lowest BCUT2D eigenvalue weighted by Gasteiger charge is -2.10. The second-order valence-electron chi connectivity index (χ2n) is 6.31. The highest BCUT2D eigenvalue weighted by atomic mass is 32.2. The average Bonchev–Trinajstić information content (AvgIpc) is 3.17. The Bertz CT molecular complexity index is 1040. The molecule has 1 aliphatic carbocycles. The molecule has 0 aromatic carbocycles. The molecule has 0 saturated carbocycles. The number of aryl methyl sites for hydroxylation is 3. The van der Waals surface area contributed by atoms with E-state index in [1.165, 1.54) is 40.0 Å². The van der Waals surface area contributed by atoms with Gasteiger partial charge in [0.05, 0.1) is 16.3 Å². The number of aromatic amines is 1. The highest BCUT2D eigenvalue weighted by Gasteiger charge is 2.22. The molecule has 0 saturated heterocycles. The molecule has 6 nitrogen and oxygen atoms in total. The predicted molar refractivity (Wildman–Crippen MR) is 108 cm³/mol. The van der Waals surface area contributed by atoms with Gasteiger partial charge >= 0.3 is 0 Å². The van der Waals surface area contributed by atoms with Crippen molar-refractivity contribution in [2.24, 2.45) is 0 Å². The van der Waals surface area contributed by atoms with Crippen LogP contribution < -0.4 is 10.9 Å². The molecule has 4 rings (SSSR count). The fourth-order valence-electron chi connectivity index (χ4n) is 3.04. The molecule has 0 spiro atoms. The van der Waals surface area contributed by atoms with E-state index in [2.05, 4.69) is 20.3 Å². The molecule has 0 aliphatic heterocycles. The number of nitrogens with zero attached hydrogens (tertiary/aromatic N) is 2. The third-order valence-corrected chi connectivity index (χ3v) is 7.36. The molecule has 1 aliphatic rings. The van der Waals surface area contributed by atoms with E-state index in [0.717, 1.165) is 35.2 Å². The first-order valence-electron chi connectivity index (χ1n) is 8.45. The molecule has 1 unspecified atom stereocenters. The van der Waals surface area contributed by atoms with Gasteiger partial charge in [0.2, 0.25) is 5.91 Å². The fraction of sp³-hybridized carbons (Fsp3) is 0.412. The van der Waals surface area contributed by atoms with E-state index >= 15 is 0 Å². The summed E-state index contributed by atoms with van der Waals surface area (Å²) in [5.74, 6) is -0.155. The number of hydrogen-bond acceptors (Lipinski definition) is 7. The van der Waals surface area contributed by atoms with Gasteiger partial charge in [-0.3, -0.25) is 9.59 Å². The Balaban J connectivity index is 1.55. The monoisotopic (exact) mass is 406 g/mol. The normalized spacial score (nSPS) is 15.0. The highest BCUT2D eigenvalue weighted by Crippen LogP contribution is 2.34. The van der Waals surface area contributed by atoms with E-state index in [-0.39, 0.29) is 11.5 Å². The number of carbonyl (C=O) groups is 1. The fourth-order valence-corrected chi connectivity index (χ4v) is 5.85. The molecule has 0 radical (unpaired) electrons. The van der Waals surface area contributed by atoms with Crippen molar-refractivity contribution in [3.8, 4) is 0 Å². The maximum absolute atomic E-state index is 12.6. The summed E-state index contributed by atoms with van der Waals surface area (Å²) in [6, 6.07) is 0. The summed E-state index contributed by atoms with van der Waals surface area (Å²) in [6.07, 6.45) is 4.29. The summed E-state index contributed by atoms with van der Waals surface area (Å²) in [5, 5.41) is 6.11. The number of rotatable bonds is 4. The molecule has 1 atom stereocenters. The number of fused-ring (bicyclic) bond motifs is 3. The van der Waals surface area contributed by atoms with E-state index in [9.17, 15) is 9.59 Å². The Labute approximate surface area is 162 Å². The van der Waals surface area contributed by atoms with Crippen molar-refractivity contribution >= 4 is 55.7 Å². The van der Waals surface area contributed by atoms with Gasteiger partial charge in [-0.15, -0.1) is 22.7 Å². The van der Waals surface area contributed by atoms with Crippen molar-refractivity contribution in [2.75, 3.05) is 5.32 Å². The molecule has 1 amide bonds. The maximum atomic E-state index is 12.6. The Kier molecular flexibility index (Phi) is 4.85. The lowest BCUT2D eigenvalue weighted by Crippen LogP contribution is -2.23. The number of thiazole rings is 1. The molecule has 3 aromatic heterocycles. The number of thioether (sulfide) groups is 1. The van der Waals surface area contributed by atoms with Crippen LogP contribution in [0.3, 0.4) is 0 Å². The number of anilines is 1. The number of carbonyl (C=O) groups excluding carboxylic acids is 1. The third-order valence-electron chi connectivity index (χ3n) is 4.31. The van der Waals surface area contributed by atoms with E-state index in [1.54, 1.807) is 18.3 Å². The van der Waals surface area contributed by atoms with Crippen molar-refractivity contribution in [2.45, 2.75) is 49.9 Å². The van der Waals surface area contributed by atoms with Gasteiger partial charge in [0.15, 0.2) is 10.3 Å². The van der Waals surface area contributed by atoms with E-state index in [0.29, 0.717) is 10.3 Å². The van der Waals surface area contributed by atoms with Crippen molar-refractivity contribution in [1.29, 1.82) is 0 Å². The van der Waals surface area contributed by atoms with Gasteiger partial charge in [-0.1, -0.05) is 11.8 Å². The zero-order valence-electron chi connectivity index (χ0n) is 14.4. The quantitative estimate of drug-likeness (QED) is 0.509. The lowest BCUT2D eigenvalue weighted by atomic mass is 9.97. The molecule has 3 heterocycles. The highest BCUT2D eigenvalue weighted by molar-refractivity contribution is 8.00. The van der Waals surface area contributed by atoms with Crippen molar-refractivity contribution in [3.63, 3.8) is 0 Å². The van der Waals surface area contributed by atoms with Crippen molar-refractivity contribution in [3.05, 3.63) is 31.9 Å². The van der Waals surface area contributed by atoms with Gasteiger partial charge in [-0.2, -0.15) is 0 Å². The molecule has 2 N–H and O–H groups in total. The summed E-state index contributed by atoms with van der Waals surface area (Å²) < 4.78 is 0. The van der Waals surface area contributed by atoms with Crippen LogP contribution in [0.1, 0.15) is 35.9 Å². The molecule has 0 fully saturated rings. The van der Waals surface area contributed by atoms with E-state index in [4.69, 9.17) is 0 Å². The summed E-state index contributed by atoms with van der Waals surface area (Å²) in [7, 11) is 0. The Hall–Kier alpha value is -1.71. The second kappa shape index (κ2) is 7.13. The molecule has 26 heavy (non-hydrogen) atoms. The summed E-state index contributed by atoms with van der Waals surface area (Å²) in [6.45, 7) is 3.68. The van der Waals surface area contributed by atoms with Crippen LogP contribution in [-0.2, 0) is 17.6 Å². The number of H-pyrrole nitrogens is 1.